The third kappa shape index (κ3) is 17.8. The average molecular weight is 360 g/mol. The maximum atomic E-state index is 8.56. The Labute approximate surface area is 137 Å². The first-order chi connectivity index (χ1) is 10.9. The molecule has 23 heavy (non-hydrogen) atoms. The number of hydrogen-bond donors (Lipinski definition) is 4. The molecule has 2 heterocycles. The summed E-state index contributed by atoms with van der Waals surface area (Å²) in [7, 11) is -5.17. The number of nitrogens with one attached hydrogen (secondary N) is 2. The molecule has 2 fully saturated rings. The molecule has 0 atom stereocenters. The lowest BCUT2D eigenvalue weighted by molar-refractivity contribution is -0.908. The molecule has 0 bridgehead atoms. The lowest BCUT2D eigenvalue weighted by Gasteiger charge is -2.22. The van der Waals surface area contributed by atoms with Crippen molar-refractivity contribution in [3.8, 4) is 0 Å². The van der Waals surface area contributed by atoms with Gasteiger partial charge in [-0.15, -0.1) is 0 Å². The summed E-state index contributed by atoms with van der Waals surface area (Å²) in [5.74, 6) is 0. The normalized spacial score (nSPS) is 20.0. The molecule has 2 saturated heterocycles. The monoisotopic (exact) mass is 360 g/mol. The van der Waals surface area contributed by atoms with Crippen LogP contribution in [0.3, 0.4) is 0 Å². The Morgan fingerprint density at radius 2 is 1.04 bits per heavy atom. The van der Waals surface area contributed by atoms with Gasteiger partial charge in [0.05, 0.1) is 39.6 Å². The zero-order chi connectivity index (χ0) is 17.6. The van der Waals surface area contributed by atoms with Gasteiger partial charge in [0.15, 0.2) is 0 Å². The van der Waals surface area contributed by atoms with Crippen LogP contribution in [0.1, 0.15) is 0 Å². The molecule has 4 N–H and O–H groups in total. The SMILES string of the molecule is O=S(=O)([O-])[O-].OCC[NH+]1CCOCC1.OCC[NH+]1CCOCC1. The van der Waals surface area contributed by atoms with Gasteiger partial charge in [-0.25, -0.2) is 0 Å². The molecule has 2 rings (SSSR count). The molecule has 0 aliphatic carbocycles. The fourth-order valence-electron chi connectivity index (χ4n) is 2.14. The fourth-order valence-corrected chi connectivity index (χ4v) is 2.14. The van der Waals surface area contributed by atoms with Crippen LogP contribution < -0.4 is 9.80 Å². The van der Waals surface area contributed by atoms with Crippen LogP contribution in [0.15, 0.2) is 0 Å². The van der Waals surface area contributed by atoms with Crippen LogP contribution in [-0.2, 0) is 19.9 Å². The van der Waals surface area contributed by atoms with Crippen LogP contribution in [-0.4, -0.2) is 107 Å². The smallest absolute Gasteiger partial charge is 0.101 e. The Balaban J connectivity index is 0.000000332. The van der Waals surface area contributed by atoms with Crippen molar-refractivity contribution in [2.24, 2.45) is 0 Å². The highest BCUT2D eigenvalue weighted by atomic mass is 32.3. The van der Waals surface area contributed by atoms with Gasteiger partial charge in [-0.05, 0) is 0 Å². The quantitative estimate of drug-likeness (QED) is 0.287. The topological polar surface area (TPSA) is 148 Å². The standard InChI is InChI=1S/2C6H13NO2.H2O4S/c2*8-4-1-7-2-5-9-6-3-7;1-5(2,3)4/h2*8H,1-6H2;(H2,1,2,3,4). The molecule has 11 heteroatoms. The molecular formula is C12H28N2O8S. The van der Waals surface area contributed by atoms with Crippen LogP contribution >= 0.6 is 0 Å². The summed E-state index contributed by atoms with van der Waals surface area (Å²) < 4.78 is 44.4. The largest absolute Gasteiger partial charge is 0.759 e. The van der Waals surface area contributed by atoms with E-state index in [1.165, 1.54) is 9.80 Å². The minimum atomic E-state index is -5.17. The minimum absolute atomic E-state index is 0.301. The van der Waals surface area contributed by atoms with Gasteiger partial charge in [-0.2, -0.15) is 0 Å². The summed E-state index contributed by atoms with van der Waals surface area (Å²) in [5.41, 5.74) is 0. The zero-order valence-corrected chi connectivity index (χ0v) is 14.1. The summed E-state index contributed by atoms with van der Waals surface area (Å²) in [6.45, 7) is 10.0. The van der Waals surface area contributed by atoms with Crippen molar-refractivity contribution in [2.45, 2.75) is 0 Å². The highest BCUT2D eigenvalue weighted by Gasteiger charge is 2.12. The van der Waals surface area contributed by atoms with E-state index in [1.807, 2.05) is 0 Å². The first-order valence-corrected chi connectivity index (χ1v) is 8.91. The van der Waals surface area contributed by atoms with Crippen molar-refractivity contribution >= 4 is 10.4 Å². The van der Waals surface area contributed by atoms with E-state index < -0.39 is 10.4 Å². The van der Waals surface area contributed by atoms with Gasteiger partial charge in [-0.3, -0.25) is 8.42 Å². The minimum Gasteiger partial charge on any atom is -0.759 e. The van der Waals surface area contributed by atoms with E-state index in [0.717, 1.165) is 65.7 Å². The molecule has 0 amide bonds. The number of morpholine rings is 2. The second-order valence-electron chi connectivity index (χ2n) is 5.08. The van der Waals surface area contributed by atoms with Crippen LogP contribution in [0.5, 0.6) is 0 Å². The number of hydrogen-bond acceptors (Lipinski definition) is 8. The second kappa shape index (κ2) is 14.0. The molecule has 0 aromatic rings. The van der Waals surface area contributed by atoms with Gasteiger partial charge in [0.2, 0.25) is 0 Å². The number of quaternary nitrogens is 2. The number of aliphatic hydroxyl groups excluding tert-OH is 2. The van der Waals surface area contributed by atoms with Gasteiger partial charge >= 0.3 is 0 Å². The van der Waals surface area contributed by atoms with E-state index >= 15 is 0 Å². The van der Waals surface area contributed by atoms with Crippen molar-refractivity contribution in [3.05, 3.63) is 0 Å². The van der Waals surface area contributed by atoms with Crippen molar-refractivity contribution in [3.63, 3.8) is 0 Å². The van der Waals surface area contributed by atoms with Gasteiger partial charge in [0, 0.05) is 10.4 Å². The first kappa shape index (κ1) is 22.6. The molecule has 140 valence electrons. The molecular weight excluding hydrogens is 332 g/mol. The maximum Gasteiger partial charge on any atom is 0.101 e. The predicted octanol–water partition coefficient (Wildman–Crippen LogP) is -5.55. The molecule has 2 aliphatic heterocycles. The van der Waals surface area contributed by atoms with E-state index in [9.17, 15) is 0 Å². The third-order valence-corrected chi connectivity index (χ3v) is 3.33. The summed E-state index contributed by atoms with van der Waals surface area (Å²) in [6, 6.07) is 0. The lowest BCUT2D eigenvalue weighted by Crippen LogP contribution is -3.14. The van der Waals surface area contributed by atoms with E-state index in [4.69, 9.17) is 37.2 Å². The van der Waals surface area contributed by atoms with E-state index in [2.05, 4.69) is 0 Å². The number of aliphatic hydroxyl groups is 2. The average Bonchev–Trinajstić information content (AvgIpc) is 2.49. The number of ether oxygens (including phenoxy) is 2. The van der Waals surface area contributed by atoms with E-state index in [-0.39, 0.29) is 0 Å². The van der Waals surface area contributed by atoms with Crippen molar-refractivity contribution in [1.29, 1.82) is 0 Å². The Morgan fingerprint density at radius 3 is 1.26 bits per heavy atom. The van der Waals surface area contributed by atoms with Gasteiger partial charge in [0.1, 0.15) is 39.3 Å². The molecule has 0 unspecified atom stereocenters. The molecule has 0 saturated carbocycles. The number of rotatable bonds is 4. The molecule has 0 aromatic carbocycles. The highest BCUT2D eigenvalue weighted by Crippen LogP contribution is 1.74. The Hall–Kier alpha value is -0.370. The Bertz CT molecular complexity index is 323. The van der Waals surface area contributed by atoms with E-state index in [0.29, 0.717) is 13.2 Å². The van der Waals surface area contributed by atoms with Crippen LogP contribution in [0.2, 0.25) is 0 Å². The van der Waals surface area contributed by atoms with Gasteiger partial charge < -0.3 is 38.6 Å². The van der Waals surface area contributed by atoms with Crippen molar-refractivity contribution in [1.82, 2.24) is 0 Å². The molecule has 0 radical (unpaired) electrons. The summed E-state index contributed by atoms with van der Waals surface area (Å²) in [4.78, 5) is 2.92. The predicted molar refractivity (Wildman–Crippen MR) is 77.4 cm³/mol. The maximum absolute atomic E-state index is 8.56. The van der Waals surface area contributed by atoms with Crippen LogP contribution in [0.25, 0.3) is 0 Å². The second-order valence-corrected chi connectivity index (χ2v) is 5.90. The van der Waals surface area contributed by atoms with Gasteiger partial charge in [-0.1, -0.05) is 0 Å². The van der Waals surface area contributed by atoms with E-state index in [1.54, 1.807) is 0 Å². The van der Waals surface area contributed by atoms with Crippen LogP contribution in [0, 0.1) is 0 Å². The highest BCUT2D eigenvalue weighted by molar-refractivity contribution is 7.79. The van der Waals surface area contributed by atoms with Crippen molar-refractivity contribution in [2.75, 3.05) is 78.9 Å². The molecule has 10 nitrogen and oxygen atoms in total. The lowest BCUT2D eigenvalue weighted by atomic mass is 10.4. The fraction of sp³-hybridized carbons (Fsp3) is 1.00. The summed E-state index contributed by atoms with van der Waals surface area (Å²) >= 11 is 0. The van der Waals surface area contributed by atoms with Crippen LogP contribution in [0.4, 0.5) is 0 Å². The molecule has 2 aliphatic rings. The zero-order valence-electron chi connectivity index (χ0n) is 13.2. The van der Waals surface area contributed by atoms with Crippen molar-refractivity contribution < 1.29 is 47.0 Å². The summed E-state index contributed by atoms with van der Waals surface area (Å²) in [6.07, 6.45) is 0. The third-order valence-electron chi connectivity index (χ3n) is 3.33. The Kier molecular flexibility index (Phi) is 13.8. The molecule has 0 spiro atoms. The first-order valence-electron chi connectivity index (χ1n) is 7.58. The Morgan fingerprint density at radius 1 is 0.783 bits per heavy atom. The molecule has 0 aromatic heterocycles. The summed E-state index contributed by atoms with van der Waals surface area (Å²) in [5, 5.41) is 17.1. The van der Waals surface area contributed by atoms with Gasteiger partial charge in [0.25, 0.3) is 0 Å².